The Balaban J connectivity index is 1.52. The summed E-state index contributed by atoms with van der Waals surface area (Å²) in [6, 6.07) is -0.926. The molecule has 3 fully saturated rings. The number of rotatable bonds is 3. The summed E-state index contributed by atoms with van der Waals surface area (Å²) in [5.41, 5.74) is 1.06. The van der Waals surface area contributed by atoms with Crippen LogP contribution in [0.2, 0.25) is 0 Å². The van der Waals surface area contributed by atoms with Crippen molar-refractivity contribution in [2.24, 2.45) is 18.4 Å². The molecule has 2 N–H and O–H groups in total. The Morgan fingerprint density at radius 2 is 2.11 bits per heavy atom. The van der Waals surface area contributed by atoms with Crippen LogP contribution in [-0.2, 0) is 16.6 Å². The maximum Gasteiger partial charge on any atom is 0.317 e. The van der Waals surface area contributed by atoms with Crippen LogP contribution in [0.1, 0.15) is 43.0 Å². The Morgan fingerprint density at radius 3 is 2.71 bits per heavy atom. The van der Waals surface area contributed by atoms with Crippen molar-refractivity contribution in [2.45, 2.75) is 44.7 Å². The van der Waals surface area contributed by atoms with Gasteiger partial charge in [0, 0.05) is 44.9 Å². The monoisotopic (exact) mass is 389 g/mol. The molecule has 2 aliphatic heterocycles. The van der Waals surface area contributed by atoms with E-state index in [1.54, 1.807) is 27.7 Å². The lowest BCUT2D eigenvalue weighted by Crippen LogP contribution is -2.47. The minimum absolute atomic E-state index is 0.0139. The molecule has 1 aromatic heterocycles. The average molecular weight is 389 g/mol. The summed E-state index contributed by atoms with van der Waals surface area (Å²) in [6.45, 7) is 2.65. The van der Waals surface area contributed by atoms with Gasteiger partial charge < -0.3 is 20.2 Å². The first-order valence-electron chi connectivity index (χ1n) is 9.77. The molecule has 1 aromatic rings. The largest absolute Gasteiger partial charge is 0.481 e. The number of likely N-dealkylation sites (tertiary alicyclic amines) is 2. The molecule has 3 aliphatic rings. The first kappa shape index (κ1) is 18.8. The van der Waals surface area contributed by atoms with Gasteiger partial charge in [-0.15, -0.1) is 0 Å². The first-order chi connectivity index (χ1) is 13.2. The molecular weight excluding hydrogens is 362 g/mol. The highest BCUT2D eigenvalue weighted by molar-refractivity contribution is 5.84. The topological polar surface area (TPSA) is 108 Å². The predicted molar refractivity (Wildman–Crippen MR) is 99.4 cm³/mol. The quantitative estimate of drug-likeness (QED) is 0.798. The van der Waals surface area contributed by atoms with Crippen LogP contribution in [-0.4, -0.2) is 68.8 Å². The van der Waals surface area contributed by atoms with Crippen molar-refractivity contribution >= 4 is 17.9 Å². The zero-order valence-corrected chi connectivity index (χ0v) is 16.5. The molecule has 4 atom stereocenters. The summed E-state index contributed by atoms with van der Waals surface area (Å²) in [4.78, 5) is 40.4. The Labute approximate surface area is 163 Å². The number of carboxylic acid groups (broad SMARTS) is 1. The van der Waals surface area contributed by atoms with Crippen molar-refractivity contribution in [1.82, 2.24) is 24.9 Å². The third-order valence-corrected chi connectivity index (χ3v) is 7.07. The van der Waals surface area contributed by atoms with Gasteiger partial charge in [-0.2, -0.15) is 5.10 Å². The fraction of sp³-hybridized carbons (Fsp3) is 0.684. The van der Waals surface area contributed by atoms with Crippen molar-refractivity contribution < 1.29 is 19.5 Å². The average Bonchev–Trinajstić information content (AvgIpc) is 3.34. The Morgan fingerprint density at radius 1 is 1.36 bits per heavy atom. The van der Waals surface area contributed by atoms with Crippen molar-refractivity contribution in [3.8, 4) is 0 Å². The zero-order valence-electron chi connectivity index (χ0n) is 16.5. The second kappa shape index (κ2) is 6.49. The van der Waals surface area contributed by atoms with Crippen LogP contribution in [0.5, 0.6) is 0 Å². The smallest absolute Gasteiger partial charge is 0.317 e. The summed E-state index contributed by atoms with van der Waals surface area (Å²) < 4.78 is 1.75. The number of fused-ring (bicyclic) bond motifs is 1. The summed E-state index contributed by atoms with van der Waals surface area (Å²) >= 11 is 0. The van der Waals surface area contributed by atoms with E-state index >= 15 is 0 Å². The zero-order chi connectivity index (χ0) is 20.2. The highest BCUT2D eigenvalue weighted by Crippen LogP contribution is 2.49. The van der Waals surface area contributed by atoms with Gasteiger partial charge in [0.05, 0.1) is 23.7 Å². The molecule has 0 spiro atoms. The maximum absolute atomic E-state index is 12.9. The highest BCUT2D eigenvalue weighted by atomic mass is 16.4. The third-order valence-electron chi connectivity index (χ3n) is 7.07. The third kappa shape index (κ3) is 2.67. The van der Waals surface area contributed by atoms with Crippen molar-refractivity contribution in [1.29, 1.82) is 0 Å². The van der Waals surface area contributed by atoms with E-state index in [1.165, 1.54) is 0 Å². The molecule has 0 bridgehead atoms. The van der Waals surface area contributed by atoms with Gasteiger partial charge in [0.15, 0.2) is 0 Å². The van der Waals surface area contributed by atoms with Crippen LogP contribution in [0.25, 0.3) is 0 Å². The van der Waals surface area contributed by atoms with E-state index < -0.39 is 11.4 Å². The molecule has 152 valence electrons. The van der Waals surface area contributed by atoms with Crippen LogP contribution in [0.3, 0.4) is 0 Å². The lowest BCUT2D eigenvalue weighted by atomic mass is 9.81. The number of hydrogen-bond donors (Lipinski definition) is 2. The minimum atomic E-state index is -0.807. The Hall–Kier alpha value is -2.58. The van der Waals surface area contributed by atoms with E-state index in [-0.39, 0.29) is 42.9 Å². The van der Waals surface area contributed by atoms with Crippen molar-refractivity contribution in [3.63, 3.8) is 0 Å². The maximum atomic E-state index is 12.9. The molecule has 1 saturated carbocycles. The Bertz CT molecular complexity index is 836. The number of carbonyl (C=O) groups excluding carboxylic acids is 2. The molecule has 4 rings (SSSR count). The van der Waals surface area contributed by atoms with Gasteiger partial charge in [-0.05, 0) is 25.7 Å². The van der Waals surface area contributed by atoms with E-state index in [4.69, 9.17) is 0 Å². The number of urea groups is 1. The van der Waals surface area contributed by atoms with Gasteiger partial charge in [-0.3, -0.25) is 14.3 Å². The molecule has 0 unspecified atom stereocenters. The number of amides is 3. The molecule has 9 nitrogen and oxygen atoms in total. The molecule has 1 aliphatic carbocycles. The van der Waals surface area contributed by atoms with Gasteiger partial charge >= 0.3 is 12.0 Å². The minimum Gasteiger partial charge on any atom is -0.481 e. The number of nitrogens with one attached hydrogen (secondary N) is 1. The molecule has 2 saturated heterocycles. The number of nitrogens with zero attached hydrogens (tertiary/aromatic N) is 4. The fourth-order valence-electron chi connectivity index (χ4n) is 5.27. The van der Waals surface area contributed by atoms with Crippen LogP contribution in [0.15, 0.2) is 6.20 Å². The standard InChI is InChI=1S/C19H27N5O4/c1-11-13(8-20-23(11)3)16-14(7-15(25)22(16)2)21-18(28)24-9-12-5-4-6-19(12,10-24)17(26)27/h8,12,14,16H,4-7,9-10H2,1-3H3,(H,21,28)(H,26,27)/t12-,14+,16-,19+/m0/s1. The van der Waals surface area contributed by atoms with E-state index in [0.29, 0.717) is 13.0 Å². The van der Waals surface area contributed by atoms with Gasteiger partial charge in [0.25, 0.3) is 0 Å². The molecule has 0 radical (unpaired) electrons. The van der Waals surface area contributed by atoms with Crippen LogP contribution in [0, 0.1) is 18.3 Å². The lowest BCUT2D eigenvalue weighted by molar-refractivity contribution is -0.149. The number of hydrogen-bond acceptors (Lipinski definition) is 4. The van der Waals surface area contributed by atoms with Crippen LogP contribution in [0.4, 0.5) is 4.79 Å². The fourth-order valence-corrected chi connectivity index (χ4v) is 5.27. The highest BCUT2D eigenvalue weighted by Gasteiger charge is 2.56. The summed E-state index contributed by atoms with van der Waals surface area (Å²) in [5.74, 6) is -0.816. The number of carboxylic acids is 1. The van der Waals surface area contributed by atoms with Gasteiger partial charge in [0.1, 0.15) is 0 Å². The molecule has 9 heteroatoms. The molecule has 0 aromatic carbocycles. The van der Waals surface area contributed by atoms with E-state index in [2.05, 4.69) is 10.4 Å². The Kier molecular flexibility index (Phi) is 4.35. The summed E-state index contributed by atoms with van der Waals surface area (Å²) in [7, 11) is 3.59. The SMILES string of the molecule is Cc1c([C@H]2[C@H](NC(=O)N3C[C@@H]4CCC[C@@]4(C(=O)O)C3)CC(=O)N2C)cnn1C. The van der Waals surface area contributed by atoms with Gasteiger partial charge in [-0.25, -0.2) is 4.79 Å². The number of aromatic nitrogens is 2. The lowest BCUT2D eigenvalue weighted by Gasteiger charge is -2.28. The number of carbonyl (C=O) groups is 3. The summed E-state index contributed by atoms with van der Waals surface area (Å²) in [6.07, 6.45) is 4.34. The second-order valence-electron chi connectivity index (χ2n) is 8.45. The van der Waals surface area contributed by atoms with E-state index in [1.807, 2.05) is 14.0 Å². The van der Waals surface area contributed by atoms with Crippen LogP contribution < -0.4 is 5.32 Å². The predicted octanol–water partition coefficient (Wildman–Crippen LogP) is 0.897. The van der Waals surface area contributed by atoms with Gasteiger partial charge in [-0.1, -0.05) is 6.42 Å². The van der Waals surface area contributed by atoms with Crippen LogP contribution >= 0.6 is 0 Å². The van der Waals surface area contributed by atoms with E-state index in [9.17, 15) is 19.5 Å². The van der Waals surface area contributed by atoms with Gasteiger partial charge in [0.2, 0.25) is 5.91 Å². The molecule has 3 amide bonds. The van der Waals surface area contributed by atoms with Crippen molar-refractivity contribution in [3.05, 3.63) is 17.5 Å². The summed E-state index contributed by atoms with van der Waals surface area (Å²) in [5, 5.41) is 17.0. The first-order valence-corrected chi connectivity index (χ1v) is 9.77. The molecule has 3 heterocycles. The van der Waals surface area contributed by atoms with Crippen molar-refractivity contribution in [2.75, 3.05) is 20.1 Å². The molecular formula is C19H27N5O4. The normalized spacial score (nSPS) is 32.1. The number of likely N-dealkylation sites (N-methyl/N-ethyl adjacent to an activating group) is 1. The van der Waals surface area contributed by atoms with E-state index in [0.717, 1.165) is 24.1 Å². The second-order valence-corrected chi connectivity index (χ2v) is 8.45. The number of aryl methyl sites for hydroxylation is 1. The number of aliphatic carboxylic acids is 1. The molecule has 28 heavy (non-hydrogen) atoms.